The van der Waals surface area contributed by atoms with Gasteiger partial charge in [0.05, 0.1) is 11.6 Å². The summed E-state index contributed by atoms with van der Waals surface area (Å²) in [7, 11) is 0. The van der Waals surface area contributed by atoms with Crippen LogP contribution in [-0.2, 0) is 11.2 Å². The highest BCUT2D eigenvalue weighted by Crippen LogP contribution is 2.30. The molecule has 2 rings (SSSR count). The Bertz CT molecular complexity index is 405. The van der Waals surface area contributed by atoms with Crippen LogP contribution in [0, 0.1) is 11.8 Å². The first-order valence-electron chi connectivity index (χ1n) is 6.61. The third kappa shape index (κ3) is 3.22. The number of carboxylic acids is 1. The number of thiazole rings is 1. The lowest BCUT2D eigenvalue weighted by atomic mass is 9.79. The monoisotopic (exact) mass is 268 g/mol. The predicted octanol–water partition coefficient (Wildman–Crippen LogP) is 3.01. The summed E-state index contributed by atoms with van der Waals surface area (Å²) in [5, 5.41) is 15.5. The molecule has 100 valence electrons. The summed E-state index contributed by atoms with van der Waals surface area (Å²) in [5.74, 6) is -0.586. The highest BCUT2D eigenvalue weighted by Gasteiger charge is 2.30. The van der Waals surface area contributed by atoms with Gasteiger partial charge in [-0.2, -0.15) is 0 Å². The number of anilines is 1. The number of aryl methyl sites for hydroxylation is 1. The first kappa shape index (κ1) is 13.3. The van der Waals surface area contributed by atoms with E-state index in [-0.39, 0.29) is 11.8 Å². The molecular weight excluding hydrogens is 248 g/mol. The molecular formula is C13H20N2O2S. The van der Waals surface area contributed by atoms with Crippen molar-refractivity contribution in [2.75, 3.05) is 11.9 Å². The van der Waals surface area contributed by atoms with Crippen molar-refractivity contribution in [1.82, 2.24) is 4.98 Å². The summed E-state index contributed by atoms with van der Waals surface area (Å²) in [4.78, 5) is 15.6. The molecule has 1 aliphatic rings. The molecule has 2 unspecified atom stereocenters. The molecule has 5 heteroatoms. The third-order valence-electron chi connectivity index (χ3n) is 3.66. The first-order valence-corrected chi connectivity index (χ1v) is 7.49. The molecule has 1 saturated carbocycles. The Morgan fingerprint density at radius 2 is 2.33 bits per heavy atom. The van der Waals surface area contributed by atoms with Crippen molar-refractivity contribution in [3.63, 3.8) is 0 Å². The van der Waals surface area contributed by atoms with E-state index in [9.17, 15) is 9.90 Å². The maximum absolute atomic E-state index is 11.2. The summed E-state index contributed by atoms with van der Waals surface area (Å²) in [5.41, 5.74) is 1.10. The SMILES string of the molecule is CCc1csc(NCC2CCCCC2C(=O)O)n1. The topological polar surface area (TPSA) is 62.2 Å². The molecule has 0 spiro atoms. The van der Waals surface area contributed by atoms with Gasteiger partial charge < -0.3 is 10.4 Å². The lowest BCUT2D eigenvalue weighted by molar-refractivity contribution is -0.144. The van der Waals surface area contributed by atoms with Gasteiger partial charge in [-0.1, -0.05) is 19.8 Å². The number of aromatic nitrogens is 1. The van der Waals surface area contributed by atoms with E-state index < -0.39 is 5.97 Å². The Morgan fingerprint density at radius 3 is 3.00 bits per heavy atom. The van der Waals surface area contributed by atoms with Crippen LogP contribution in [0.5, 0.6) is 0 Å². The van der Waals surface area contributed by atoms with Gasteiger partial charge in [0.1, 0.15) is 0 Å². The van der Waals surface area contributed by atoms with Crippen LogP contribution in [0.4, 0.5) is 5.13 Å². The maximum Gasteiger partial charge on any atom is 0.306 e. The van der Waals surface area contributed by atoms with E-state index in [2.05, 4.69) is 22.6 Å². The minimum atomic E-state index is -0.644. The average Bonchev–Trinajstić information content (AvgIpc) is 2.84. The van der Waals surface area contributed by atoms with E-state index >= 15 is 0 Å². The molecule has 0 bridgehead atoms. The van der Waals surface area contributed by atoms with Gasteiger partial charge in [0.2, 0.25) is 0 Å². The third-order valence-corrected chi connectivity index (χ3v) is 4.50. The summed E-state index contributed by atoms with van der Waals surface area (Å²) in [6.07, 6.45) is 4.97. The number of rotatable bonds is 5. The number of aliphatic carboxylic acids is 1. The number of hydrogen-bond acceptors (Lipinski definition) is 4. The second-order valence-electron chi connectivity index (χ2n) is 4.87. The van der Waals surface area contributed by atoms with E-state index in [1.54, 1.807) is 11.3 Å². The van der Waals surface area contributed by atoms with Crippen molar-refractivity contribution < 1.29 is 9.90 Å². The van der Waals surface area contributed by atoms with Gasteiger partial charge in [-0.15, -0.1) is 11.3 Å². The van der Waals surface area contributed by atoms with Crippen molar-refractivity contribution >= 4 is 22.4 Å². The number of nitrogens with zero attached hydrogens (tertiary/aromatic N) is 1. The van der Waals surface area contributed by atoms with Crippen LogP contribution in [0.25, 0.3) is 0 Å². The molecule has 18 heavy (non-hydrogen) atoms. The van der Waals surface area contributed by atoms with Crippen LogP contribution in [-0.4, -0.2) is 22.6 Å². The Balaban J connectivity index is 1.89. The van der Waals surface area contributed by atoms with Gasteiger partial charge in [0, 0.05) is 11.9 Å². The normalized spacial score (nSPS) is 23.8. The summed E-state index contributed by atoms with van der Waals surface area (Å²) < 4.78 is 0. The van der Waals surface area contributed by atoms with Gasteiger partial charge >= 0.3 is 5.97 Å². The van der Waals surface area contributed by atoms with Crippen LogP contribution in [0.1, 0.15) is 38.3 Å². The molecule has 2 atom stereocenters. The minimum absolute atomic E-state index is 0.183. The van der Waals surface area contributed by atoms with Crippen LogP contribution >= 0.6 is 11.3 Å². The van der Waals surface area contributed by atoms with E-state index in [1.807, 2.05) is 0 Å². The quantitative estimate of drug-likeness (QED) is 0.861. The molecule has 4 nitrogen and oxygen atoms in total. The smallest absolute Gasteiger partial charge is 0.306 e. The molecule has 0 aliphatic heterocycles. The van der Waals surface area contributed by atoms with Crippen LogP contribution < -0.4 is 5.32 Å². The average molecular weight is 268 g/mol. The molecule has 1 heterocycles. The van der Waals surface area contributed by atoms with Gasteiger partial charge in [0.25, 0.3) is 0 Å². The summed E-state index contributed by atoms with van der Waals surface area (Å²) in [6.45, 7) is 2.81. The van der Waals surface area contributed by atoms with E-state index in [4.69, 9.17) is 0 Å². The zero-order valence-corrected chi connectivity index (χ0v) is 11.5. The Kier molecular flexibility index (Phi) is 4.58. The Morgan fingerprint density at radius 1 is 1.56 bits per heavy atom. The number of hydrogen-bond donors (Lipinski definition) is 2. The molecule has 1 aromatic heterocycles. The molecule has 2 N–H and O–H groups in total. The van der Waals surface area contributed by atoms with Crippen LogP contribution in [0.2, 0.25) is 0 Å². The second-order valence-corrected chi connectivity index (χ2v) is 5.73. The fourth-order valence-electron chi connectivity index (χ4n) is 2.55. The fraction of sp³-hybridized carbons (Fsp3) is 0.692. The molecule has 0 radical (unpaired) electrons. The molecule has 1 aromatic rings. The Labute approximate surface area is 111 Å². The van der Waals surface area contributed by atoms with Gasteiger partial charge in [-0.25, -0.2) is 4.98 Å². The van der Waals surface area contributed by atoms with Crippen LogP contribution in [0.15, 0.2) is 5.38 Å². The lowest BCUT2D eigenvalue weighted by Gasteiger charge is -2.28. The molecule has 1 fully saturated rings. The first-order chi connectivity index (χ1) is 8.70. The minimum Gasteiger partial charge on any atom is -0.481 e. The Hall–Kier alpha value is -1.10. The van der Waals surface area contributed by atoms with Crippen molar-refractivity contribution in [2.45, 2.75) is 39.0 Å². The predicted molar refractivity (Wildman–Crippen MR) is 73.1 cm³/mol. The zero-order valence-electron chi connectivity index (χ0n) is 10.7. The van der Waals surface area contributed by atoms with Crippen LogP contribution in [0.3, 0.4) is 0 Å². The molecule has 0 saturated heterocycles. The van der Waals surface area contributed by atoms with Crippen molar-refractivity contribution in [3.8, 4) is 0 Å². The fourth-order valence-corrected chi connectivity index (χ4v) is 3.35. The van der Waals surface area contributed by atoms with E-state index in [0.29, 0.717) is 0 Å². The van der Waals surface area contributed by atoms with Crippen molar-refractivity contribution in [3.05, 3.63) is 11.1 Å². The standard InChI is InChI=1S/C13H20N2O2S/c1-2-10-8-18-13(15-10)14-7-9-5-3-4-6-11(9)12(16)17/h8-9,11H,2-7H2,1H3,(H,14,15)(H,16,17). The molecule has 0 amide bonds. The molecule has 1 aliphatic carbocycles. The summed E-state index contributed by atoms with van der Waals surface area (Å²) in [6, 6.07) is 0. The number of carboxylic acid groups (broad SMARTS) is 1. The van der Waals surface area contributed by atoms with Gasteiger partial charge in [-0.3, -0.25) is 4.79 Å². The number of nitrogens with one attached hydrogen (secondary N) is 1. The lowest BCUT2D eigenvalue weighted by Crippen LogP contribution is -2.31. The van der Waals surface area contributed by atoms with E-state index in [0.717, 1.165) is 49.5 Å². The van der Waals surface area contributed by atoms with Crippen molar-refractivity contribution in [2.24, 2.45) is 11.8 Å². The van der Waals surface area contributed by atoms with Gasteiger partial charge in [0.15, 0.2) is 5.13 Å². The molecule has 0 aromatic carbocycles. The number of carbonyl (C=O) groups is 1. The highest BCUT2D eigenvalue weighted by atomic mass is 32.1. The zero-order chi connectivity index (χ0) is 13.0. The maximum atomic E-state index is 11.2. The second kappa shape index (κ2) is 6.18. The largest absolute Gasteiger partial charge is 0.481 e. The highest BCUT2D eigenvalue weighted by molar-refractivity contribution is 7.13. The van der Waals surface area contributed by atoms with Crippen molar-refractivity contribution in [1.29, 1.82) is 0 Å². The summed E-state index contributed by atoms with van der Waals surface area (Å²) >= 11 is 1.60. The van der Waals surface area contributed by atoms with E-state index in [1.165, 1.54) is 0 Å². The van der Waals surface area contributed by atoms with Gasteiger partial charge in [-0.05, 0) is 25.2 Å².